The Bertz CT molecular complexity index is 613. The van der Waals surface area contributed by atoms with E-state index in [1.165, 1.54) is 51.9 Å². The second kappa shape index (κ2) is 11.5. The molecule has 1 aliphatic carbocycles. The molecule has 0 unspecified atom stereocenters. The molecule has 2 N–H and O–H groups in total. The fourth-order valence-electron chi connectivity index (χ4n) is 3.53. The molecule has 0 saturated heterocycles. The molecule has 0 radical (unpaired) electrons. The summed E-state index contributed by atoms with van der Waals surface area (Å²) in [6.07, 6.45) is 12.9. The monoisotopic (exact) mass is 372 g/mol. The lowest BCUT2D eigenvalue weighted by Gasteiger charge is -2.19. The van der Waals surface area contributed by atoms with Crippen LogP contribution in [-0.4, -0.2) is 23.6 Å². The number of ketones is 1. The Hall–Kier alpha value is -2.17. The maximum Gasteiger partial charge on any atom is 0.313 e. The summed E-state index contributed by atoms with van der Waals surface area (Å²) < 4.78 is 0. The first-order valence-electron chi connectivity index (χ1n) is 10.3. The van der Waals surface area contributed by atoms with Crippen LogP contribution in [-0.2, 0) is 9.59 Å². The normalized spacial score (nSPS) is 17.2. The molecular formula is C22H32N2O3. The van der Waals surface area contributed by atoms with Gasteiger partial charge in [-0.15, -0.1) is 0 Å². The molecular weight excluding hydrogens is 340 g/mol. The largest absolute Gasteiger partial charge is 0.345 e. The van der Waals surface area contributed by atoms with Crippen molar-refractivity contribution in [3.05, 3.63) is 29.8 Å². The van der Waals surface area contributed by atoms with Gasteiger partial charge >= 0.3 is 11.8 Å². The highest BCUT2D eigenvalue weighted by atomic mass is 16.2. The van der Waals surface area contributed by atoms with E-state index < -0.39 is 11.8 Å². The molecule has 27 heavy (non-hydrogen) atoms. The molecule has 0 bridgehead atoms. The van der Waals surface area contributed by atoms with E-state index in [-0.39, 0.29) is 11.8 Å². The summed E-state index contributed by atoms with van der Waals surface area (Å²) in [6, 6.07) is 6.63. The van der Waals surface area contributed by atoms with Gasteiger partial charge in [0.05, 0.1) is 0 Å². The minimum atomic E-state index is -0.656. The smallest absolute Gasteiger partial charge is 0.313 e. The highest BCUT2D eigenvalue weighted by Gasteiger charge is 2.19. The Kier molecular flexibility index (Phi) is 9.02. The van der Waals surface area contributed by atoms with Gasteiger partial charge in [-0.3, -0.25) is 14.4 Å². The van der Waals surface area contributed by atoms with Crippen LogP contribution in [0.3, 0.4) is 0 Å². The van der Waals surface area contributed by atoms with Crippen molar-refractivity contribution >= 4 is 23.3 Å². The molecule has 0 atom stereocenters. The van der Waals surface area contributed by atoms with Gasteiger partial charge in [0.25, 0.3) is 0 Å². The maximum atomic E-state index is 12.3. The molecule has 0 spiro atoms. The van der Waals surface area contributed by atoms with Crippen LogP contribution in [0.15, 0.2) is 24.3 Å². The van der Waals surface area contributed by atoms with E-state index in [1.807, 2.05) is 0 Å². The number of carbonyl (C=O) groups is 3. The van der Waals surface area contributed by atoms with Gasteiger partial charge in [0.2, 0.25) is 0 Å². The number of hydrogen-bond donors (Lipinski definition) is 2. The van der Waals surface area contributed by atoms with E-state index in [0.29, 0.717) is 11.3 Å². The maximum absolute atomic E-state index is 12.3. The Morgan fingerprint density at radius 2 is 1.22 bits per heavy atom. The Balaban J connectivity index is 1.84. The van der Waals surface area contributed by atoms with Crippen molar-refractivity contribution in [2.75, 3.05) is 5.32 Å². The molecule has 1 saturated carbocycles. The first-order chi connectivity index (χ1) is 13.1. The average Bonchev–Trinajstić information content (AvgIpc) is 2.64. The zero-order valence-electron chi connectivity index (χ0n) is 16.4. The van der Waals surface area contributed by atoms with Gasteiger partial charge in [0.1, 0.15) is 0 Å². The lowest BCUT2D eigenvalue weighted by Crippen LogP contribution is -2.41. The van der Waals surface area contributed by atoms with Crippen LogP contribution >= 0.6 is 0 Å². The standard InChI is InChI=1S/C22H32N2O3/c1-17(25)18-13-15-20(16-14-18)24-22(27)21(26)23-19-11-9-7-5-3-2-4-6-8-10-12-19/h13-16,19H,2-12H2,1H3,(H,23,26)(H,24,27). The van der Waals surface area contributed by atoms with E-state index >= 15 is 0 Å². The quantitative estimate of drug-likeness (QED) is 0.600. The van der Waals surface area contributed by atoms with Crippen molar-refractivity contribution in [3.63, 3.8) is 0 Å². The fourth-order valence-corrected chi connectivity index (χ4v) is 3.53. The minimum Gasteiger partial charge on any atom is -0.345 e. The predicted molar refractivity (Wildman–Crippen MR) is 108 cm³/mol. The zero-order valence-corrected chi connectivity index (χ0v) is 16.4. The number of Topliss-reactive ketones (excluding diaryl/α,β-unsaturated/α-hetero) is 1. The summed E-state index contributed by atoms with van der Waals surface area (Å²) in [6.45, 7) is 1.49. The highest BCUT2D eigenvalue weighted by Crippen LogP contribution is 2.17. The van der Waals surface area contributed by atoms with E-state index in [1.54, 1.807) is 24.3 Å². The summed E-state index contributed by atoms with van der Waals surface area (Å²) in [5.41, 5.74) is 1.09. The minimum absolute atomic E-state index is 0.0341. The first-order valence-corrected chi connectivity index (χ1v) is 10.3. The SMILES string of the molecule is CC(=O)c1ccc(NC(=O)C(=O)NC2CCCCCCCCCCC2)cc1. The van der Waals surface area contributed by atoms with E-state index in [2.05, 4.69) is 10.6 Å². The third-order valence-electron chi connectivity index (χ3n) is 5.20. The van der Waals surface area contributed by atoms with Crippen LogP contribution in [0.1, 0.15) is 87.9 Å². The van der Waals surface area contributed by atoms with E-state index in [9.17, 15) is 14.4 Å². The summed E-state index contributed by atoms with van der Waals surface area (Å²) in [7, 11) is 0. The molecule has 0 aromatic heterocycles. The molecule has 5 nitrogen and oxygen atoms in total. The van der Waals surface area contributed by atoms with E-state index in [4.69, 9.17) is 0 Å². The lowest BCUT2D eigenvalue weighted by molar-refractivity contribution is -0.136. The second-order valence-corrected chi connectivity index (χ2v) is 7.52. The summed E-state index contributed by atoms with van der Waals surface area (Å²) in [5, 5.41) is 5.52. The van der Waals surface area contributed by atoms with Gasteiger partial charge in [-0.1, -0.05) is 57.8 Å². The van der Waals surface area contributed by atoms with Crippen LogP contribution in [0.4, 0.5) is 5.69 Å². The van der Waals surface area contributed by atoms with Crippen LogP contribution < -0.4 is 10.6 Å². The van der Waals surface area contributed by atoms with Gasteiger partial charge in [-0.05, 0) is 44.0 Å². The van der Waals surface area contributed by atoms with Gasteiger partial charge in [0, 0.05) is 17.3 Å². The molecule has 1 fully saturated rings. The summed E-state index contributed by atoms with van der Waals surface area (Å²) in [5.74, 6) is -1.27. The number of benzene rings is 1. The molecule has 1 aromatic rings. The third kappa shape index (κ3) is 7.94. The predicted octanol–water partition coefficient (Wildman–Crippen LogP) is 4.62. The van der Waals surface area contributed by atoms with Crippen molar-refractivity contribution in [2.24, 2.45) is 0 Å². The highest BCUT2D eigenvalue weighted by molar-refractivity contribution is 6.39. The van der Waals surface area contributed by atoms with Gasteiger partial charge < -0.3 is 10.6 Å². The molecule has 0 aliphatic heterocycles. The van der Waals surface area contributed by atoms with Crippen molar-refractivity contribution < 1.29 is 14.4 Å². The molecule has 5 heteroatoms. The molecule has 2 amide bonds. The number of nitrogens with one attached hydrogen (secondary N) is 2. The van der Waals surface area contributed by atoms with Crippen molar-refractivity contribution in [1.29, 1.82) is 0 Å². The van der Waals surface area contributed by atoms with Crippen LogP contribution in [0.5, 0.6) is 0 Å². The number of carbonyl (C=O) groups excluding carboxylic acids is 3. The third-order valence-corrected chi connectivity index (χ3v) is 5.20. The van der Waals surface area contributed by atoms with Crippen LogP contribution in [0.25, 0.3) is 0 Å². The average molecular weight is 373 g/mol. The Morgan fingerprint density at radius 3 is 1.70 bits per heavy atom. The Morgan fingerprint density at radius 1 is 0.741 bits per heavy atom. The molecule has 1 aromatic carbocycles. The number of hydrogen-bond acceptors (Lipinski definition) is 3. The first kappa shape index (κ1) is 21.1. The summed E-state index contributed by atoms with van der Waals surface area (Å²) >= 11 is 0. The second-order valence-electron chi connectivity index (χ2n) is 7.52. The number of rotatable bonds is 3. The van der Waals surface area contributed by atoms with Crippen LogP contribution in [0.2, 0.25) is 0 Å². The molecule has 0 heterocycles. The Labute approximate surface area is 162 Å². The van der Waals surface area contributed by atoms with Crippen molar-refractivity contribution in [3.8, 4) is 0 Å². The number of amides is 2. The van der Waals surface area contributed by atoms with Crippen molar-refractivity contribution in [1.82, 2.24) is 5.32 Å². The fraction of sp³-hybridized carbons (Fsp3) is 0.591. The van der Waals surface area contributed by atoms with E-state index in [0.717, 1.165) is 25.7 Å². The molecule has 148 valence electrons. The molecule has 2 rings (SSSR count). The van der Waals surface area contributed by atoms with Gasteiger partial charge in [0.15, 0.2) is 5.78 Å². The lowest BCUT2D eigenvalue weighted by atomic mass is 9.98. The zero-order chi connectivity index (χ0) is 19.5. The van der Waals surface area contributed by atoms with Crippen LogP contribution in [0, 0.1) is 0 Å². The summed E-state index contributed by atoms with van der Waals surface area (Å²) in [4.78, 5) is 35.8. The van der Waals surface area contributed by atoms with Gasteiger partial charge in [-0.2, -0.15) is 0 Å². The van der Waals surface area contributed by atoms with Gasteiger partial charge in [-0.25, -0.2) is 0 Å². The van der Waals surface area contributed by atoms with Crippen molar-refractivity contribution in [2.45, 2.75) is 83.6 Å². The topological polar surface area (TPSA) is 75.3 Å². The molecule has 1 aliphatic rings. The number of anilines is 1.